The fourth-order valence-corrected chi connectivity index (χ4v) is 10.6. The molecule has 0 fully saturated rings. The fourth-order valence-electron chi connectivity index (χ4n) is 10.6. The number of hydrogen-bond acceptors (Lipinski definition) is 4. The van der Waals surface area contributed by atoms with Crippen LogP contribution in [0, 0.1) is 0 Å². The summed E-state index contributed by atoms with van der Waals surface area (Å²) in [7, 11) is 0. The van der Waals surface area contributed by atoms with Crippen molar-refractivity contribution in [3.8, 4) is 11.1 Å². The lowest BCUT2D eigenvalue weighted by Gasteiger charge is -2.28. The van der Waals surface area contributed by atoms with Gasteiger partial charge < -0.3 is 18.6 Å². The summed E-state index contributed by atoms with van der Waals surface area (Å²) >= 11 is 0. The molecule has 68 heavy (non-hydrogen) atoms. The molecule has 4 nitrogen and oxygen atoms in total. The molecule has 0 amide bonds. The number of furan rings is 2. The molecule has 0 aliphatic rings. The molecule has 2 heterocycles. The number of nitrogens with zero attached hydrogens (tertiary/aromatic N) is 2. The van der Waals surface area contributed by atoms with E-state index in [1.54, 1.807) is 0 Å². The second-order valence-corrected chi connectivity index (χ2v) is 17.6. The van der Waals surface area contributed by atoms with Crippen molar-refractivity contribution in [3.63, 3.8) is 0 Å². The minimum Gasteiger partial charge on any atom is -0.455 e. The van der Waals surface area contributed by atoms with Gasteiger partial charge in [-0.15, -0.1) is 0 Å². The van der Waals surface area contributed by atoms with Crippen molar-refractivity contribution in [3.05, 3.63) is 243 Å². The predicted octanol–water partition coefficient (Wildman–Crippen LogP) is 18.7. The number of anilines is 6. The second kappa shape index (κ2) is 15.2. The molecule has 4 heteroatoms. The third kappa shape index (κ3) is 6.01. The molecule has 0 aliphatic heterocycles. The summed E-state index contributed by atoms with van der Waals surface area (Å²) in [4.78, 5) is 4.79. The van der Waals surface area contributed by atoms with E-state index in [1.807, 2.05) is 6.07 Å². The molecule has 0 unspecified atom stereocenters. The Bertz CT molecular complexity index is 4280. The Kier molecular flexibility index (Phi) is 8.55. The third-order valence-electron chi connectivity index (χ3n) is 13.8. The minimum absolute atomic E-state index is 0.856. The standard InChI is InChI=1S/C64H40N2O2/c1-3-18-46(19-4-1)65(59-39-56-52-25-13-14-29-61(52)67-63(56)54-26-11-9-23-50(54)59)48-34-32-41-30-31-43(36-45(41)37-48)44-33-35-53-57-40-60(51-24-10-12-27-55(51)64(57)68-62(53)38-44)66(47-20-5-2-6-21-47)58-28-15-17-42-16-7-8-22-49(42)58/h1-40H. The summed E-state index contributed by atoms with van der Waals surface area (Å²) in [6, 6.07) is 86.9. The van der Waals surface area contributed by atoms with Gasteiger partial charge in [0, 0.05) is 65.5 Å². The first-order valence-corrected chi connectivity index (χ1v) is 23.2. The lowest BCUT2D eigenvalue weighted by Crippen LogP contribution is -2.11. The predicted molar refractivity (Wildman–Crippen MR) is 286 cm³/mol. The van der Waals surface area contributed by atoms with Crippen LogP contribution in [0.2, 0.25) is 0 Å². The van der Waals surface area contributed by atoms with Crippen LogP contribution in [0.1, 0.15) is 0 Å². The van der Waals surface area contributed by atoms with E-state index in [9.17, 15) is 0 Å². The maximum atomic E-state index is 6.94. The number of para-hydroxylation sites is 3. The van der Waals surface area contributed by atoms with Crippen LogP contribution >= 0.6 is 0 Å². The van der Waals surface area contributed by atoms with Crippen molar-refractivity contribution in [1.82, 2.24) is 0 Å². The smallest absolute Gasteiger partial charge is 0.143 e. The van der Waals surface area contributed by atoms with E-state index in [4.69, 9.17) is 8.83 Å². The number of fused-ring (bicyclic) bond motifs is 12. The van der Waals surface area contributed by atoms with E-state index in [0.29, 0.717) is 0 Å². The molecular weight excluding hydrogens is 829 g/mol. The van der Waals surface area contributed by atoms with Gasteiger partial charge in [0.15, 0.2) is 0 Å². The Morgan fingerprint density at radius 1 is 0.235 bits per heavy atom. The average Bonchev–Trinajstić information content (AvgIpc) is 3.98. The van der Waals surface area contributed by atoms with Crippen LogP contribution in [-0.4, -0.2) is 0 Å². The van der Waals surface area contributed by atoms with Crippen LogP contribution in [-0.2, 0) is 0 Å². The highest BCUT2D eigenvalue weighted by molar-refractivity contribution is 6.22. The molecule has 14 rings (SSSR count). The first-order chi connectivity index (χ1) is 33.7. The zero-order valence-electron chi connectivity index (χ0n) is 36.8. The molecule has 0 radical (unpaired) electrons. The topological polar surface area (TPSA) is 32.8 Å². The molecular formula is C64H40N2O2. The first kappa shape index (κ1) is 38.2. The highest BCUT2D eigenvalue weighted by Gasteiger charge is 2.23. The Morgan fingerprint density at radius 3 is 1.47 bits per heavy atom. The first-order valence-electron chi connectivity index (χ1n) is 23.2. The fraction of sp³-hybridized carbons (Fsp3) is 0. The van der Waals surface area contributed by atoms with Gasteiger partial charge in [0.1, 0.15) is 22.3 Å². The van der Waals surface area contributed by atoms with Gasteiger partial charge in [0.25, 0.3) is 0 Å². The molecule has 0 saturated heterocycles. The third-order valence-corrected chi connectivity index (χ3v) is 13.8. The van der Waals surface area contributed by atoms with Crippen LogP contribution in [0.15, 0.2) is 251 Å². The summed E-state index contributed by atoms with van der Waals surface area (Å²) in [6.07, 6.45) is 0. The Labute approximate surface area is 391 Å². The SMILES string of the molecule is c1ccc(N(c2ccc3ccc(-c4ccc5c(c4)oc4c6ccccc6c(N(c6ccccc6)c6cccc7ccccc67)cc54)cc3c2)c2cc3c4ccccc4oc3c3ccccc23)cc1. The van der Waals surface area contributed by atoms with E-state index in [-0.39, 0.29) is 0 Å². The summed E-state index contributed by atoms with van der Waals surface area (Å²) in [5.41, 5.74) is 12.3. The lowest BCUT2D eigenvalue weighted by atomic mass is 9.98. The van der Waals surface area contributed by atoms with Crippen LogP contribution in [0.25, 0.3) is 98.1 Å². The van der Waals surface area contributed by atoms with E-state index in [1.165, 1.54) is 16.2 Å². The van der Waals surface area contributed by atoms with Crippen molar-refractivity contribution < 1.29 is 8.83 Å². The molecule has 0 aliphatic carbocycles. The van der Waals surface area contributed by atoms with Crippen LogP contribution in [0.5, 0.6) is 0 Å². The quantitative estimate of drug-likeness (QED) is 0.160. The maximum Gasteiger partial charge on any atom is 0.143 e. The summed E-state index contributed by atoms with van der Waals surface area (Å²) in [5, 5.41) is 13.5. The van der Waals surface area contributed by atoms with E-state index in [2.05, 4.69) is 246 Å². The van der Waals surface area contributed by atoms with Gasteiger partial charge in [0.2, 0.25) is 0 Å². The molecule has 14 aromatic rings. The largest absolute Gasteiger partial charge is 0.455 e. The van der Waals surface area contributed by atoms with E-state index < -0.39 is 0 Å². The van der Waals surface area contributed by atoms with Gasteiger partial charge >= 0.3 is 0 Å². The van der Waals surface area contributed by atoms with Gasteiger partial charge in [-0.1, -0.05) is 164 Å². The van der Waals surface area contributed by atoms with Gasteiger partial charge in [-0.05, 0) is 106 Å². The number of hydrogen-bond donors (Lipinski definition) is 0. The number of rotatable bonds is 7. The summed E-state index contributed by atoms with van der Waals surface area (Å²) in [5.74, 6) is 0. The van der Waals surface area contributed by atoms with Crippen LogP contribution in [0.4, 0.5) is 34.1 Å². The van der Waals surface area contributed by atoms with Crippen molar-refractivity contribution in [2.45, 2.75) is 0 Å². The molecule has 0 atom stereocenters. The number of benzene rings is 12. The summed E-state index contributed by atoms with van der Waals surface area (Å²) < 4.78 is 13.5. The zero-order valence-corrected chi connectivity index (χ0v) is 36.8. The molecule has 318 valence electrons. The Morgan fingerprint density at radius 2 is 0.750 bits per heavy atom. The highest BCUT2D eigenvalue weighted by atomic mass is 16.3. The molecule has 0 saturated carbocycles. The van der Waals surface area contributed by atoms with E-state index >= 15 is 0 Å². The normalized spacial score (nSPS) is 11.8. The highest BCUT2D eigenvalue weighted by Crippen LogP contribution is 2.48. The van der Waals surface area contributed by atoms with Gasteiger partial charge in [0.05, 0.1) is 17.1 Å². The van der Waals surface area contributed by atoms with Crippen LogP contribution in [0.3, 0.4) is 0 Å². The average molecular weight is 869 g/mol. The molecule has 0 N–H and O–H groups in total. The molecule has 2 aromatic heterocycles. The van der Waals surface area contributed by atoms with Crippen LogP contribution < -0.4 is 9.80 Å². The summed E-state index contributed by atoms with van der Waals surface area (Å²) in [6.45, 7) is 0. The van der Waals surface area contributed by atoms with Crippen molar-refractivity contribution >= 4 is 121 Å². The Hall–Kier alpha value is -9.12. The van der Waals surface area contributed by atoms with Crippen molar-refractivity contribution in [2.24, 2.45) is 0 Å². The molecule has 0 spiro atoms. The zero-order chi connectivity index (χ0) is 44.7. The molecule has 12 aromatic carbocycles. The maximum absolute atomic E-state index is 6.94. The monoisotopic (exact) mass is 868 g/mol. The second-order valence-electron chi connectivity index (χ2n) is 17.6. The van der Waals surface area contributed by atoms with Crippen molar-refractivity contribution in [1.29, 1.82) is 0 Å². The van der Waals surface area contributed by atoms with Gasteiger partial charge in [-0.3, -0.25) is 0 Å². The molecule has 0 bridgehead atoms. The lowest BCUT2D eigenvalue weighted by molar-refractivity contribution is 0.672. The van der Waals surface area contributed by atoms with Gasteiger partial charge in [-0.2, -0.15) is 0 Å². The van der Waals surface area contributed by atoms with Crippen molar-refractivity contribution in [2.75, 3.05) is 9.80 Å². The Balaban J connectivity index is 0.913. The van der Waals surface area contributed by atoms with Gasteiger partial charge in [-0.25, -0.2) is 0 Å². The van der Waals surface area contributed by atoms with E-state index in [0.717, 1.165) is 116 Å². The minimum atomic E-state index is 0.856.